The number of ether oxygens (including phenoxy) is 5. The molecule has 0 unspecified atom stereocenters. The van der Waals surface area contributed by atoms with Gasteiger partial charge in [-0.1, -0.05) is 13.0 Å². The average Bonchev–Trinajstić information content (AvgIpc) is 3.30. The van der Waals surface area contributed by atoms with Gasteiger partial charge < -0.3 is 23.7 Å². The van der Waals surface area contributed by atoms with Crippen LogP contribution in [0.2, 0.25) is 0 Å². The quantitative estimate of drug-likeness (QED) is 0.684. The van der Waals surface area contributed by atoms with Crippen molar-refractivity contribution < 1.29 is 33.3 Å². The normalized spacial score (nSPS) is 46.4. The van der Waals surface area contributed by atoms with Crippen LogP contribution < -0.4 is 0 Å². The van der Waals surface area contributed by atoms with E-state index < -0.39 is 18.2 Å². The predicted molar refractivity (Wildman–Crippen MR) is 95.7 cm³/mol. The third-order valence-electron chi connectivity index (χ3n) is 7.68. The van der Waals surface area contributed by atoms with E-state index in [1.54, 1.807) is 6.08 Å². The van der Waals surface area contributed by atoms with E-state index in [-0.39, 0.29) is 29.4 Å². The lowest BCUT2D eigenvalue weighted by Crippen LogP contribution is -2.52. The van der Waals surface area contributed by atoms with Crippen molar-refractivity contribution in [2.45, 2.75) is 63.3 Å². The minimum atomic E-state index is -0.656. The molecule has 5 rings (SSSR count). The van der Waals surface area contributed by atoms with E-state index in [2.05, 4.69) is 6.92 Å². The third kappa shape index (κ3) is 2.15. The van der Waals surface area contributed by atoms with E-state index >= 15 is 0 Å². The second-order valence-electron chi connectivity index (χ2n) is 8.59. The Morgan fingerprint density at radius 2 is 2.11 bits per heavy atom. The number of allylic oxidation sites excluding steroid dienone is 1. The lowest BCUT2D eigenvalue weighted by molar-refractivity contribution is -0.172. The molecule has 0 aromatic rings. The summed E-state index contributed by atoms with van der Waals surface area (Å²) in [7, 11) is 2.92. The Bertz CT molecular complexity index is 786. The fourth-order valence-corrected chi connectivity index (χ4v) is 6.38. The van der Waals surface area contributed by atoms with Crippen molar-refractivity contribution in [2.75, 3.05) is 14.2 Å². The van der Waals surface area contributed by atoms with Crippen molar-refractivity contribution in [1.29, 1.82) is 0 Å². The van der Waals surface area contributed by atoms with Gasteiger partial charge in [-0.25, -0.2) is 9.59 Å². The van der Waals surface area contributed by atoms with Crippen molar-refractivity contribution in [1.82, 2.24) is 0 Å². The van der Waals surface area contributed by atoms with Gasteiger partial charge >= 0.3 is 11.9 Å². The highest BCUT2D eigenvalue weighted by molar-refractivity contribution is 5.92. The van der Waals surface area contributed by atoms with Gasteiger partial charge in [0.15, 0.2) is 6.29 Å². The Morgan fingerprint density at radius 3 is 2.82 bits per heavy atom. The molecule has 152 valence electrons. The molecule has 0 N–H and O–H groups in total. The van der Waals surface area contributed by atoms with Crippen LogP contribution in [0.25, 0.3) is 0 Å². The van der Waals surface area contributed by atoms with Crippen LogP contribution in [-0.4, -0.2) is 50.4 Å². The SMILES string of the molecule is COC(=O)C1=CCC[C@@H]2[C@]34C[C@@H](C5=C[C@@H](OC)OC5=O)O[C@@H]3O[C@]12CC[C@H]4C. The molecule has 2 bridgehead atoms. The molecule has 3 fully saturated rings. The molecule has 0 amide bonds. The van der Waals surface area contributed by atoms with Crippen LogP contribution in [0, 0.1) is 17.3 Å². The summed E-state index contributed by atoms with van der Waals surface area (Å²) in [5.74, 6) is -0.150. The number of carbonyl (C=O) groups is 2. The first-order valence-electron chi connectivity index (χ1n) is 10.0. The maximum Gasteiger partial charge on any atom is 0.339 e. The molecule has 3 heterocycles. The van der Waals surface area contributed by atoms with Gasteiger partial charge in [0.2, 0.25) is 6.29 Å². The molecule has 2 aliphatic carbocycles. The number of cyclic esters (lactones) is 1. The molecule has 0 radical (unpaired) electrons. The van der Waals surface area contributed by atoms with Crippen molar-refractivity contribution in [3.05, 3.63) is 23.3 Å². The van der Waals surface area contributed by atoms with Crippen LogP contribution in [-0.2, 0) is 33.3 Å². The zero-order valence-electron chi connectivity index (χ0n) is 16.4. The lowest BCUT2D eigenvalue weighted by Gasteiger charge is -2.50. The summed E-state index contributed by atoms with van der Waals surface area (Å²) < 4.78 is 28.3. The molecule has 5 aliphatic rings. The summed E-state index contributed by atoms with van der Waals surface area (Å²) in [4.78, 5) is 24.8. The summed E-state index contributed by atoms with van der Waals surface area (Å²) in [6, 6.07) is 0. The Hall–Kier alpha value is -1.70. The predicted octanol–water partition coefficient (Wildman–Crippen LogP) is 2.25. The summed E-state index contributed by atoms with van der Waals surface area (Å²) in [6.07, 6.45) is 6.41. The third-order valence-corrected chi connectivity index (χ3v) is 7.68. The van der Waals surface area contributed by atoms with Gasteiger partial charge in [0, 0.05) is 18.4 Å². The first kappa shape index (κ1) is 18.3. The van der Waals surface area contributed by atoms with E-state index in [4.69, 9.17) is 23.7 Å². The standard InChI is InChI=1S/C21H26O7/c1-11-7-8-21-13(18(23)25-3)5-4-6-15(21)20(11)10-14(26-19(20)28-21)12-9-16(24-2)27-17(12)22/h5,9,11,14-16,19H,4,6-8,10H2,1-3H3/t11-,14+,15-,16+,19-,20-,21-/m1/s1. The Morgan fingerprint density at radius 1 is 1.29 bits per heavy atom. The molecule has 7 heteroatoms. The molecule has 0 aromatic carbocycles. The van der Waals surface area contributed by atoms with Gasteiger partial charge in [-0.2, -0.15) is 0 Å². The fraction of sp³-hybridized carbons (Fsp3) is 0.714. The number of rotatable bonds is 3. The number of hydrogen-bond acceptors (Lipinski definition) is 7. The minimum absolute atomic E-state index is 0.175. The molecule has 7 atom stereocenters. The van der Waals surface area contributed by atoms with Crippen LogP contribution in [0.3, 0.4) is 0 Å². The van der Waals surface area contributed by atoms with Crippen molar-refractivity contribution in [2.24, 2.45) is 17.3 Å². The molecule has 1 saturated carbocycles. The summed E-state index contributed by atoms with van der Waals surface area (Å²) in [5.41, 5.74) is 0.309. The van der Waals surface area contributed by atoms with Crippen LogP contribution in [0.4, 0.5) is 0 Å². The largest absolute Gasteiger partial charge is 0.466 e. The highest BCUT2D eigenvalue weighted by Crippen LogP contribution is 2.69. The molecular weight excluding hydrogens is 364 g/mol. The minimum Gasteiger partial charge on any atom is -0.466 e. The number of esters is 2. The first-order valence-corrected chi connectivity index (χ1v) is 10.0. The van der Waals surface area contributed by atoms with Crippen LogP contribution in [0.5, 0.6) is 0 Å². The summed E-state index contributed by atoms with van der Waals surface area (Å²) in [5, 5.41) is 0. The molecule has 28 heavy (non-hydrogen) atoms. The van der Waals surface area contributed by atoms with Gasteiger partial charge in [0.1, 0.15) is 5.60 Å². The van der Waals surface area contributed by atoms with Crippen LogP contribution >= 0.6 is 0 Å². The maximum atomic E-state index is 12.5. The molecule has 7 nitrogen and oxygen atoms in total. The summed E-state index contributed by atoms with van der Waals surface area (Å²) in [6.45, 7) is 2.24. The average molecular weight is 390 g/mol. The van der Waals surface area contributed by atoms with E-state index in [9.17, 15) is 9.59 Å². The van der Waals surface area contributed by atoms with E-state index in [0.717, 1.165) is 25.7 Å². The van der Waals surface area contributed by atoms with Gasteiger partial charge in [0.05, 0.1) is 24.4 Å². The zero-order chi connectivity index (χ0) is 19.7. The van der Waals surface area contributed by atoms with Gasteiger partial charge in [-0.3, -0.25) is 0 Å². The highest BCUT2D eigenvalue weighted by Gasteiger charge is 2.73. The van der Waals surface area contributed by atoms with Crippen LogP contribution in [0.15, 0.2) is 23.3 Å². The smallest absolute Gasteiger partial charge is 0.339 e. The van der Waals surface area contributed by atoms with E-state index in [1.807, 2.05) is 6.08 Å². The van der Waals surface area contributed by atoms with Crippen LogP contribution in [0.1, 0.15) is 39.0 Å². The highest BCUT2D eigenvalue weighted by atomic mass is 16.7. The number of methoxy groups -OCH3 is 2. The molecule has 1 spiro atoms. The zero-order valence-corrected chi connectivity index (χ0v) is 16.4. The Balaban J connectivity index is 1.51. The Labute approximate surface area is 164 Å². The molecule has 0 aromatic heterocycles. The first-order chi connectivity index (χ1) is 13.5. The lowest BCUT2D eigenvalue weighted by atomic mass is 9.52. The Kier molecular flexibility index (Phi) is 4.03. The van der Waals surface area contributed by atoms with Crippen molar-refractivity contribution >= 4 is 11.9 Å². The fourth-order valence-electron chi connectivity index (χ4n) is 6.38. The second-order valence-corrected chi connectivity index (χ2v) is 8.59. The van der Waals surface area contributed by atoms with Gasteiger partial charge in [-0.05, 0) is 44.1 Å². The maximum absolute atomic E-state index is 12.5. The number of hydrogen-bond donors (Lipinski definition) is 0. The molecule has 2 saturated heterocycles. The van der Waals surface area contributed by atoms with Crippen molar-refractivity contribution in [3.8, 4) is 0 Å². The summed E-state index contributed by atoms with van der Waals surface area (Å²) >= 11 is 0. The van der Waals surface area contributed by atoms with Crippen molar-refractivity contribution in [3.63, 3.8) is 0 Å². The topological polar surface area (TPSA) is 80.3 Å². The molecular formula is C21H26O7. The van der Waals surface area contributed by atoms with Gasteiger partial charge in [-0.15, -0.1) is 0 Å². The monoisotopic (exact) mass is 390 g/mol. The molecule has 3 aliphatic heterocycles. The number of carbonyl (C=O) groups excluding carboxylic acids is 2. The van der Waals surface area contributed by atoms with Gasteiger partial charge in [0.25, 0.3) is 0 Å². The van der Waals surface area contributed by atoms with E-state index in [0.29, 0.717) is 23.5 Å². The van der Waals surface area contributed by atoms with E-state index in [1.165, 1.54) is 14.2 Å². The second kappa shape index (κ2) is 6.15.